The second kappa shape index (κ2) is 4.61. The van der Waals surface area contributed by atoms with Crippen molar-refractivity contribution >= 4 is 5.91 Å². The lowest BCUT2D eigenvalue weighted by molar-refractivity contribution is -0.122. The first-order valence-electron chi connectivity index (χ1n) is 5.12. The zero-order chi connectivity index (χ0) is 9.73. The van der Waals surface area contributed by atoms with Crippen LogP contribution in [0.3, 0.4) is 0 Å². The Balaban J connectivity index is 2.36. The van der Waals surface area contributed by atoms with Crippen LogP contribution in [0.1, 0.15) is 39.0 Å². The van der Waals surface area contributed by atoms with E-state index in [0.29, 0.717) is 6.54 Å². The van der Waals surface area contributed by atoms with Gasteiger partial charge in [-0.15, -0.1) is 0 Å². The fraction of sp³-hybridized carbons (Fsp3) is 0.900. The molecule has 3 nitrogen and oxygen atoms in total. The predicted molar refractivity (Wildman–Crippen MR) is 53.6 cm³/mol. The third-order valence-electron chi connectivity index (χ3n) is 2.74. The third kappa shape index (κ3) is 3.35. The van der Waals surface area contributed by atoms with E-state index in [2.05, 4.69) is 17.6 Å². The molecule has 0 aliphatic heterocycles. The van der Waals surface area contributed by atoms with E-state index in [1.807, 2.05) is 0 Å². The van der Waals surface area contributed by atoms with Gasteiger partial charge in [0, 0.05) is 5.54 Å². The molecule has 0 aromatic rings. The van der Waals surface area contributed by atoms with Gasteiger partial charge in [0.2, 0.25) is 5.91 Å². The molecule has 3 heteroatoms. The number of hydrogen-bond donors (Lipinski definition) is 2. The summed E-state index contributed by atoms with van der Waals surface area (Å²) in [6.07, 6.45) is 6.06. The Morgan fingerprint density at radius 3 is 2.46 bits per heavy atom. The second-order valence-electron chi connectivity index (χ2n) is 4.20. The molecule has 0 unspecified atom stereocenters. The molecule has 0 aromatic carbocycles. The monoisotopic (exact) mass is 184 g/mol. The van der Waals surface area contributed by atoms with Crippen LogP contribution in [0, 0.1) is 0 Å². The van der Waals surface area contributed by atoms with Crippen molar-refractivity contribution in [2.75, 3.05) is 13.6 Å². The highest BCUT2D eigenvalue weighted by Gasteiger charge is 2.27. The van der Waals surface area contributed by atoms with Crippen molar-refractivity contribution in [1.82, 2.24) is 10.6 Å². The van der Waals surface area contributed by atoms with Crippen LogP contribution < -0.4 is 10.6 Å². The highest BCUT2D eigenvalue weighted by molar-refractivity contribution is 5.78. The number of carbonyl (C=O) groups excluding carboxylic acids is 1. The van der Waals surface area contributed by atoms with E-state index in [0.717, 1.165) is 12.8 Å². The molecule has 1 fully saturated rings. The number of hydrogen-bond acceptors (Lipinski definition) is 2. The second-order valence-corrected chi connectivity index (χ2v) is 4.20. The van der Waals surface area contributed by atoms with Gasteiger partial charge in [0.25, 0.3) is 0 Å². The van der Waals surface area contributed by atoms with E-state index in [4.69, 9.17) is 0 Å². The van der Waals surface area contributed by atoms with Crippen molar-refractivity contribution in [3.63, 3.8) is 0 Å². The predicted octanol–water partition coefficient (Wildman–Crippen LogP) is 1.04. The van der Waals surface area contributed by atoms with E-state index in [1.165, 1.54) is 19.3 Å². The minimum absolute atomic E-state index is 0.0617. The molecule has 0 spiro atoms. The first-order valence-corrected chi connectivity index (χ1v) is 5.12. The molecular formula is C10H20N2O. The lowest BCUT2D eigenvalue weighted by Gasteiger charge is -2.34. The summed E-state index contributed by atoms with van der Waals surface area (Å²) >= 11 is 0. The van der Waals surface area contributed by atoms with Crippen LogP contribution >= 0.6 is 0 Å². The SMILES string of the molecule is CNCC(=O)NC1(C)CCCCC1. The van der Waals surface area contributed by atoms with Crippen LogP contribution in [0.25, 0.3) is 0 Å². The summed E-state index contributed by atoms with van der Waals surface area (Å²) in [6, 6.07) is 0. The summed E-state index contributed by atoms with van der Waals surface area (Å²) in [5.41, 5.74) is 0.0617. The van der Waals surface area contributed by atoms with Crippen molar-refractivity contribution in [3.8, 4) is 0 Å². The average molecular weight is 184 g/mol. The van der Waals surface area contributed by atoms with Crippen LogP contribution in [0.4, 0.5) is 0 Å². The summed E-state index contributed by atoms with van der Waals surface area (Å²) in [7, 11) is 1.79. The molecule has 2 N–H and O–H groups in total. The Morgan fingerprint density at radius 2 is 1.92 bits per heavy atom. The first kappa shape index (κ1) is 10.5. The molecule has 1 aliphatic rings. The van der Waals surface area contributed by atoms with Gasteiger partial charge in [0.05, 0.1) is 6.54 Å². The van der Waals surface area contributed by atoms with Crippen LogP contribution in [0.5, 0.6) is 0 Å². The molecule has 0 atom stereocenters. The van der Waals surface area contributed by atoms with E-state index in [-0.39, 0.29) is 11.4 Å². The minimum Gasteiger partial charge on any atom is -0.350 e. The van der Waals surface area contributed by atoms with Gasteiger partial charge < -0.3 is 10.6 Å². The average Bonchev–Trinajstić information content (AvgIpc) is 2.04. The van der Waals surface area contributed by atoms with Gasteiger partial charge in [-0.05, 0) is 26.8 Å². The molecular weight excluding hydrogens is 164 g/mol. The highest BCUT2D eigenvalue weighted by atomic mass is 16.2. The topological polar surface area (TPSA) is 41.1 Å². The third-order valence-corrected chi connectivity index (χ3v) is 2.74. The molecule has 76 valence electrons. The highest BCUT2D eigenvalue weighted by Crippen LogP contribution is 2.27. The molecule has 0 radical (unpaired) electrons. The molecule has 1 rings (SSSR count). The van der Waals surface area contributed by atoms with Crippen LogP contribution in [-0.2, 0) is 4.79 Å². The van der Waals surface area contributed by atoms with Crippen molar-refractivity contribution < 1.29 is 4.79 Å². The summed E-state index contributed by atoms with van der Waals surface area (Å²) in [6.45, 7) is 2.58. The lowest BCUT2D eigenvalue weighted by atomic mass is 9.83. The van der Waals surface area contributed by atoms with Gasteiger partial charge in [0.1, 0.15) is 0 Å². The standard InChI is InChI=1S/C10H20N2O/c1-10(6-4-3-5-7-10)12-9(13)8-11-2/h11H,3-8H2,1-2H3,(H,12,13). The Bertz CT molecular complexity index is 174. The number of amides is 1. The summed E-state index contributed by atoms with van der Waals surface area (Å²) in [5.74, 6) is 0.118. The Morgan fingerprint density at radius 1 is 1.31 bits per heavy atom. The fourth-order valence-corrected chi connectivity index (χ4v) is 2.00. The van der Waals surface area contributed by atoms with Crippen LogP contribution in [0.2, 0.25) is 0 Å². The molecule has 0 saturated heterocycles. The first-order chi connectivity index (χ1) is 6.16. The molecule has 1 saturated carbocycles. The van der Waals surface area contributed by atoms with E-state index in [9.17, 15) is 4.79 Å². The molecule has 13 heavy (non-hydrogen) atoms. The molecule has 1 amide bonds. The van der Waals surface area contributed by atoms with Crippen molar-refractivity contribution in [3.05, 3.63) is 0 Å². The maximum Gasteiger partial charge on any atom is 0.234 e. The number of nitrogens with one attached hydrogen (secondary N) is 2. The lowest BCUT2D eigenvalue weighted by Crippen LogP contribution is -2.49. The van der Waals surface area contributed by atoms with E-state index in [1.54, 1.807) is 7.05 Å². The van der Waals surface area contributed by atoms with Gasteiger partial charge in [0.15, 0.2) is 0 Å². The Hall–Kier alpha value is -0.570. The van der Waals surface area contributed by atoms with Gasteiger partial charge in [-0.3, -0.25) is 4.79 Å². The van der Waals surface area contributed by atoms with Gasteiger partial charge >= 0.3 is 0 Å². The number of rotatable bonds is 3. The quantitative estimate of drug-likeness (QED) is 0.688. The molecule has 0 heterocycles. The minimum atomic E-state index is 0.0617. The summed E-state index contributed by atoms with van der Waals surface area (Å²) in [4.78, 5) is 11.3. The van der Waals surface area contributed by atoms with Crippen LogP contribution in [-0.4, -0.2) is 25.0 Å². The molecule has 1 aliphatic carbocycles. The number of likely N-dealkylation sites (N-methyl/N-ethyl adjacent to an activating group) is 1. The maximum absolute atomic E-state index is 11.3. The Labute approximate surface area is 80.3 Å². The molecule has 0 bridgehead atoms. The normalized spacial score (nSPS) is 21.1. The van der Waals surface area contributed by atoms with E-state index >= 15 is 0 Å². The van der Waals surface area contributed by atoms with E-state index < -0.39 is 0 Å². The largest absolute Gasteiger partial charge is 0.350 e. The fourth-order valence-electron chi connectivity index (χ4n) is 2.00. The number of carbonyl (C=O) groups is 1. The smallest absolute Gasteiger partial charge is 0.234 e. The van der Waals surface area contributed by atoms with Gasteiger partial charge in [-0.25, -0.2) is 0 Å². The van der Waals surface area contributed by atoms with Crippen molar-refractivity contribution in [1.29, 1.82) is 0 Å². The Kier molecular flexibility index (Phi) is 3.72. The maximum atomic E-state index is 11.3. The van der Waals surface area contributed by atoms with Gasteiger partial charge in [-0.2, -0.15) is 0 Å². The van der Waals surface area contributed by atoms with Gasteiger partial charge in [-0.1, -0.05) is 19.3 Å². The van der Waals surface area contributed by atoms with Crippen molar-refractivity contribution in [2.24, 2.45) is 0 Å². The van der Waals surface area contributed by atoms with Crippen LogP contribution in [0.15, 0.2) is 0 Å². The van der Waals surface area contributed by atoms with Crippen molar-refractivity contribution in [2.45, 2.75) is 44.6 Å². The zero-order valence-electron chi connectivity index (χ0n) is 8.65. The zero-order valence-corrected chi connectivity index (χ0v) is 8.65. The summed E-state index contributed by atoms with van der Waals surface area (Å²) < 4.78 is 0. The molecule has 0 aromatic heterocycles. The summed E-state index contributed by atoms with van der Waals surface area (Å²) in [5, 5.41) is 5.96.